The van der Waals surface area contributed by atoms with E-state index in [1.54, 1.807) is 12.1 Å². The van der Waals surface area contributed by atoms with E-state index < -0.39 is 0 Å². The number of aromatic nitrogens is 2. The Labute approximate surface area is 115 Å². The largest absolute Gasteiger partial charge is 0.504 e. The number of nitrogens with zero attached hydrogens (tertiary/aromatic N) is 1. The maximum absolute atomic E-state index is 9.91. The molecule has 3 rings (SSSR count). The van der Waals surface area contributed by atoms with E-state index in [0.29, 0.717) is 22.8 Å². The van der Waals surface area contributed by atoms with E-state index in [-0.39, 0.29) is 11.5 Å². The van der Waals surface area contributed by atoms with Crippen molar-refractivity contribution in [3.05, 3.63) is 54.7 Å². The number of rotatable bonds is 3. The van der Waals surface area contributed by atoms with E-state index >= 15 is 0 Å². The van der Waals surface area contributed by atoms with Gasteiger partial charge in [-0.1, -0.05) is 24.3 Å². The van der Waals surface area contributed by atoms with E-state index in [2.05, 4.69) is 10.2 Å². The molecular formula is C15H12N2O3. The van der Waals surface area contributed by atoms with Gasteiger partial charge in [-0.05, 0) is 24.3 Å². The number of aromatic hydroxyl groups is 2. The second-order valence-electron chi connectivity index (χ2n) is 4.20. The summed E-state index contributed by atoms with van der Waals surface area (Å²) >= 11 is 0. The highest BCUT2D eigenvalue weighted by molar-refractivity contribution is 5.74. The molecule has 0 aliphatic carbocycles. The quantitative estimate of drug-likeness (QED) is 0.637. The average Bonchev–Trinajstić information content (AvgIpc) is 2.91. The molecule has 0 unspecified atom stereocenters. The average molecular weight is 268 g/mol. The van der Waals surface area contributed by atoms with Gasteiger partial charge in [0.1, 0.15) is 11.4 Å². The summed E-state index contributed by atoms with van der Waals surface area (Å²) in [7, 11) is 0. The summed E-state index contributed by atoms with van der Waals surface area (Å²) in [5.74, 6) is 0.726. The molecule has 1 heterocycles. The SMILES string of the molecule is Oc1cccc(-c2[nH]ncc2Oc2ccccc2)c1O. The summed E-state index contributed by atoms with van der Waals surface area (Å²) in [6.07, 6.45) is 1.52. The molecule has 0 atom stereocenters. The van der Waals surface area contributed by atoms with Gasteiger partial charge in [-0.2, -0.15) is 5.10 Å². The summed E-state index contributed by atoms with van der Waals surface area (Å²) in [5, 5.41) is 26.1. The van der Waals surface area contributed by atoms with Crippen molar-refractivity contribution < 1.29 is 14.9 Å². The lowest BCUT2D eigenvalue weighted by molar-refractivity contribution is 0.404. The fraction of sp³-hybridized carbons (Fsp3) is 0. The number of ether oxygens (including phenoxy) is 1. The third-order valence-electron chi connectivity index (χ3n) is 2.86. The standard InChI is InChI=1S/C15H12N2O3/c18-12-8-4-7-11(15(12)19)14-13(9-16-17-14)20-10-5-2-1-3-6-10/h1-9,18-19H,(H,16,17). The van der Waals surface area contributed by atoms with E-state index in [0.717, 1.165) is 0 Å². The Kier molecular flexibility index (Phi) is 3.01. The van der Waals surface area contributed by atoms with Crippen LogP contribution in [0.3, 0.4) is 0 Å². The van der Waals surface area contributed by atoms with Gasteiger partial charge in [-0.15, -0.1) is 0 Å². The van der Waals surface area contributed by atoms with Gasteiger partial charge >= 0.3 is 0 Å². The molecule has 5 nitrogen and oxygen atoms in total. The maximum atomic E-state index is 9.91. The molecule has 3 N–H and O–H groups in total. The monoisotopic (exact) mass is 268 g/mol. The molecule has 0 amide bonds. The van der Waals surface area contributed by atoms with Crippen LogP contribution in [0.15, 0.2) is 54.7 Å². The van der Waals surface area contributed by atoms with Gasteiger partial charge in [0.15, 0.2) is 17.2 Å². The Bertz CT molecular complexity index is 723. The van der Waals surface area contributed by atoms with Crippen LogP contribution in [0.1, 0.15) is 0 Å². The first kappa shape index (κ1) is 12.1. The molecule has 0 aliphatic heterocycles. The van der Waals surface area contributed by atoms with E-state index in [4.69, 9.17) is 4.74 Å². The van der Waals surface area contributed by atoms with E-state index in [1.165, 1.54) is 12.3 Å². The van der Waals surface area contributed by atoms with Gasteiger partial charge in [0.25, 0.3) is 0 Å². The Morgan fingerprint density at radius 2 is 1.75 bits per heavy atom. The third kappa shape index (κ3) is 2.16. The number of para-hydroxylation sites is 2. The van der Waals surface area contributed by atoms with Crippen LogP contribution in [0.25, 0.3) is 11.3 Å². The minimum atomic E-state index is -0.213. The molecule has 0 spiro atoms. The molecule has 0 aliphatic rings. The number of hydrogen-bond acceptors (Lipinski definition) is 4. The van der Waals surface area contributed by atoms with Gasteiger partial charge in [-0.3, -0.25) is 5.10 Å². The zero-order valence-corrected chi connectivity index (χ0v) is 10.4. The molecule has 0 saturated carbocycles. The normalized spacial score (nSPS) is 10.4. The predicted molar refractivity (Wildman–Crippen MR) is 73.9 cm³/mol. The maximum Gasteiger partial charge on any atom is 0.173 e. The van der Waals surface area contributed by atoms with Gasteiger partial charge in [0.2, 0.25) is 0 Å². The first-order valence-corrected chi connectivity index (χ1v) is 6.03. The van der Waals surface area contributed by atoms with Crippen molar-refractivity contribution in [3.63, 3.8) is 0 Å². The zero-order valence-electron chi connectivity index (χ0n) is 10.4. The number of hydrogen-bond donors (Lipinski definition) is 3. The molecule has 0 fully saturated rings. The second-order valence-corrected chi connectivity index (χ2v) is 4.20. The molecule has 5 heteroatoms. The van der Waals surface area contributed by atoms with E-state index in [9.17, 15) is 10.2 Å². The Morgan fingerprint density at radius 3 is 2.55 bits per heavy atom. The summed E-state index contributed by atoms with van der Waals surface area (Å²) in [6, 6.07) is 14.0. The van der Waals surface area contributed by atoms with Crippen LogP contribution >= 0.6 is 0 Å². The lowest BCUT2D eigenvalue weighted by Crippen LogP contribution is -1.86. The van der Waals surface area contributed by atoms with Crippen molar-refractivity contribution in [3.8, 4) is 34.3 Å². The van der Waals surface area contributed by atoms with Crippen LogP contribution in [0.2, 0.25) is 0 Å². The molecule has 0 radical (unpaired) electrons. The van der Waals surface area contributed by atoms with Gasteiger partial charge in [0, 0.05) is 5.56 Å². The molecular weight excluding hydrogens is 256 g/mol. The van der Waals surface area contributed by atoms with Crippen molar-refractivity contribution in [2.45, 2.75) is 0 Å². The van der Waals surface area contributed by atoms with Crippen LogP contribution in [0, 0.1) is 0 Å². The van der Waals surface area contributed by atoms with Gasteiger partial charge < -0.3 is 14.9 Å². The summed E-state index contributed by atoms with van der Waals surface area (Å²) in [4.78, 5) is 0. The van der Waals surface area contributed by atoms with Crippen molar-refractivity contribution in [1.82, 2.24) is 10.2 Å². The molecule has 100 valence electrons. The van der Waals surface area contributed by atoms with E-state index in [1.807, 2.05) is 30.3 Å². The first-order valence-electron chi connectivity index (χ1n) is 6.03. The van der Waals surface area contributed by atoms with Crippen molar-refractivity contribution in [2.75, 3.05) is 0 Å². The van der Waals surface area contributed by atoms with Crippen molar-refractivity contribution in [1.29, 1.82) is 0 Å². The second kappa shape index (κ2) is 4.97. The summed E-state index contributed by atoms with van der Waals surface area (Å²) < 4.78 is 5.71. The number of phenols is 2. The number of benzene rings is 2. The molecule has 1 aromatic heterocycles. The van der Waals surface area contributed by atoms with Crippen LogP contribution in [-0.4, -0.2) is 20.4 Å². The minimum absolute atomic E-state index is 0.192. The Morgan fingerprint density at radius 1 is 0.950 bits per heavy atom. The van der Waals surface area contributed by atoms with Crippen LogP contribution < -0.4 is 4.74 Å². The molecule has 0 bridgehead atoms. The highest BCUT2D eigenvalue weighted by Crippen LogP contribution is 2.40. The predicted octanol–water partition coefficient (Wildman–Crippen LogP) is 3.28. The van der Waals surface area contributed by atoms with Crippen LogP contribution in [-0.2, 0) is 0 Å². The molecule has 3 aromatic rings. The number of H-pyrrole nitrogens is 1. The fourth-order valence-corrected chi connectivity index (χ4v) is 1.89. The topological polar surface area (TPSA) is 78.4 Å². The number of aromatic amines is 1. The lowest BCUT2D eigenvalue weighted by Gasteiger charge is -2.08. The Hall–Kier alpha value is -2.95. The molecule has 20 heavy (non-hydrogen) atoms. The lowest BCUT2D eigenvalue weighted by atomic mass is 10.1. The third-order valence-corrected chi connectivity index (χ3v) is 2.86. The van der Waals surface area contributed by atoms with Crippen LogP contribution in [0.4, 0.5) is 0 Å². The van der Waals surface area contributed by atoms with Crippen molar-refractivity contribution in [2.24, 2.45) is 0 Å². The highest BCUT2D eigenvalue weighted by atomic mass is 16.5. The minimum Gasteiger partial charge on any atom is -0.504 e. The van der Waals surface area contributed by atoms with Gasteiger partial charge in [0.05, 0.1) is 6.20 Å². The fourth-order valence-electron chi connectivity index (χ4n) is 1.89. The Balaban J connectivity index is 2.00. The molecule has 2 aromatic carbocycles. The highest BCUT2D eigenvalue weighted by Gasteiger charge is 2.15. The summed E-state index contributed by atoms with van der Waals surface area (Å²) in [6.45, 7) is 0. The molecule has 0 saturated heterocycles. The zero-order chi connectivity index (χ0) is 13.9. The first-order chi connectivity index (χ1) is 9.75. The smallest absolute Gasteiger partial charge is 0.173 e. The van der Waals surface area contributed by atoms with Gasteiger partial charge in [-0.25, -0.2) is 0 Å². The summed E-state index contributed by atoms with van der Waals surface area (Å²) in [5.41, 5.74) is 0.927. The van der Waals surface area contributed by atoms with Crippen LogP contribution in [0.5, 0.6) is 23.0 Å². The number of phenolic OH excluding ortho intramolecular Hbond substituents is 2. The van der Waals surface area contributed by atoms with Crippen molar-refractivity contribution >= 4 is 0 Å². The number of nitrogens with one attached hydrogen (secondary N) is 1.